The molecule has 1 fully saturated rings. The van der Waals surface area contributed by atoms with Gasteiger partial charge in [-0.15, -0.1) is 0 Å². The van der Waals surface area contributed by atoms with Crippen molar-refractivity contribution in [2.75, 3.05) is 31.6 Å². The van der Waals surface area contributed by atoms with Gasteiger partial charge in [-0.2, -0.15) is 0 Å². The number of hydrogen-bond donors (Lipinski definition) is 1. The van der Waals surface area contributed by atoms with Gasteiger partial charge in [-0.05, 0) is 13.3 Å². The second kappa shape index (κ2) is 5.55. The third-order valence-corrected chi connectivity index (χ3v) is 4.75. The number of carbonyl (C=O) groups is 2. The van der Waals surface area contributed by atoms with Crippen molar-refractivity contribution < 1.29 is 23.1 Å². The molecule has 0 aromatic carbocycles. The zero-order valence-corrected chi connectivity index (χ0v) is 11.3. The van der Waals surface area contributed by atoms with Gasteiger partial charge in [0.05, 0.1) is 11.5 Å². The third kappa shape index (κ3) is 3.59. The number of urea groups is 1. The fourth-order valence-corrected chi connectivity index (χ4v) is 3.61. The van der Waals surface area contributed by atoms with Crippen LogP contribution in [0.3, 0.4) is 0 Å². The summed E-state index contributed by atoms with van der Waals surface area (Å²) in [4.78, 5) is 25.3. The number of rotatable bonds is 4. The van der Waals surface area contributed by atoms with E-state index in [9.17, 15) is 18.0 Å². The van der Waals surface area contributed by atoms with Crippen LogP contribution in [-0.4, -0.2) is 73.0 Å². The van der Waals surface area contributed by atoms with E-state index in [1.54, 1.807) is 14.0 Å². The van der Waals surface area contributed by atoms with Gasteiger partial charge in [-0.25, -0.2) is 13.2 Å². The van der Waals surface area contributed by atoms with Gasteiger partial charge in [0.25, 0.3) is 0 Å². The number of carboxylic acid groups (broad SMARTS) is 1. The van der Waals surface area contributed by atoms with Gasteiger partial charge in [0.15, 0.2) is 9.84 Å². The Kier molecular flexibility index (Phi) is 4.55. The number of carbonyl (C=O) groups excluding carboxylic acids is 1. The topological polar surface area (TPSA) is 95.0 Å². The van der Waals surface area contributed by atoms with Crippen molar-refractivity contribution >= 4 is 21.8 Å². The van der Waals surface area contributed by atoms with E-state index in [0.717, 1.165) is 4.90 Å². The average Bonchev–Trinajstić information content (AvgIpc) is 2.64. The molecule has 0 radical (unpaired) electrons. The molecule has 1 aliphatic rings. The minimum Gasteiger partial charge on any atom is -0.480 e. The SMILES string of the molecule is CCN(C)C(=O)N(CC(=O)O)C1CCS(=O)(=O)C1. The van der Waals surface area contributed by atoms with Gasteiger partial charge < -0.3 is 14.9 Å². The Hall–Kier alpha value is -1.31. The summed E-state index contributed by atoms with van der Waals surface area (Å²) >= 11 is 0. The second-order valence-corrected chi connectivity index (χ2v) is 6.60. The van der Waals surface area contributed by atoms with E-state index >= 15 is 0 Å². The summed E-state index contributed by atoms with van der Waals surface area (Å²) in [5.74, 6) is -1.28. The maximum absolute atomic E-state index is 12.0. The lowest BCUT2D eigenvalue weighted by Gasteiger charge is -2.30. The molecule has 1 saturated heterocycles. The minimum absolute atomic E-state index is 0.0108. The first-order valence-electron chi connectivity index (χ1n) is 5.70. The molecule has 7 nitrogen and oxygen atoms in total. The van der Waals surface area contributed by atoms with Crippen LogP contribution in [0.1, 0.15) is 13.3 Å². The van der Waals surface area contributed by atoms with E-state index in [1.807, 2.05) is 0 Å². The summed E-state index contributed by atoms with van der Waals surface area (Å²) in [6, 6.07) is -0.977. The summed E-state index contributed by atoms with van der Waals surface area (Å²) < 4.78 is 22.8. The number of carboxylic acids is 1. The zero-order chi connectivity index (χ0) is 13.9. The molecule has 1 rings (SSSR count). The highest BCUT2D eigenvalue weighted by Gasteiger charge is 2.36. The quantitative estimate of drug-likeness (QED) is 0.757. The lowest BCUT2D eigenvalue weighted by molar-refractivity contribution is -0.138. The molecular weight excluding hydrogens is 260 g/mol. The first-order chi connectivity index (χ1) is 8.26. The van der Waals surface area contributed by atoms with E-state index in [1.165, 1.54) is 4.90 Å². The van der Waals surface area contributed by atoms with Gasteiger partial charge in [0.2, 0.25) is 0 Å². The van der Waals surface area contributed by atoms with Crippen LogP contribution in [0, 0.1) is 0 Å². The van der Waals surface area contributed by atoms with Crippen molar-refractivity contribution in [2.24, 2.45) is 0 Å². The first-order valence-corrected chi connectivity index (χ1v) is 7.53. The Balaban J connectivity index is 2.85. The number of nitrogens with zero attached hydrogens (tertiary/aromatic N) is 2. The molecule has 1 N–H and O–H groups in total. The molecule has 0 saturated carbocycles. The van der Waals surface area contributed by atoms with Crippen LogP contribution >= 0.6 is 0 Å². The van der Waals surface area contributed by atoms with Crippen LogP contribution in [0.5, 0.6) is 0 Å². The lowest BCUT2D eigenvalue weighted by atomic mass is 10.2. The molecule has 1 heterocycles. The smallest absolute Gasteiger partial charge is 0.323 e. The lowest BCUT2D eigenvalue weighted by Crippen LogP contribution is -2.49. The van der Waals surface area contributed by atoms with Crippen LogP contribution in [0.25, 0.3) is 0 Å². The Morgan fingerprint density at radius 2 is 2.00 bits per heavy atom. The molecule has 0 aromatic rings. The second-order valence-electron chi connectivity index (χ2n) is 4.38. The van der Waals surface area contributed by atoms with Crippen molar-refractivity contribution in [1.29, 1.82) is 0 Å². The molecule has 0 aromatic heterocycles. The van der Waals surface area contributed by atoms with Crippen LogP contribution in [0.4, 0.5) is 4.79 Å². The standard InChI is InChI=1S/C10H18N2O5S/c1-3-11(2)10(15)12(6-9(13)14)8-4-5-18(16,17)7-8/h8H,3-7H2,1-2H3,(H,13,14). The third-order valence-electron chi connectivity index (χ3n) is 3.00. The molecular formula is C10H18N2O5S. The van der Waals surface area contributed by atoms with Crippen LogP contribution in [0.15, 0.2) is 0 Å². The Morgan fingerprint density at radius 1 is 1.39 bits per heavy atom. The number of sulfone groups is 1. The summed E-state index contributed by atoms with van der Waals surface area (Å²) in [6.45, 7) is 1.74. The maximum Gasteiger partial charge on any atom is 0.323 e. The number of amides is 2. The van der Waals surface area contributed by atoms with Crippen LogP contribution in [-0.2, 0) is 14.6 Å². The largest absolute Gasteiger partial charge is 0.480 e. The molecule has 0 spiro atoms. The fourth-order valence-electron chi connectivity index (χ4n) is 1.87. The van der Waals surface area contributed by atoms with Crippen molar-refractivity contribution in [2.45, 2.75) is 19.4 Å². The fraction of sp³-hybridized carbons (Fsp3) is 0.800. The monoisotopic (exact) mass is 278 g/mol. The van der Waals surface area contributed by atoms with Gasteiger partial charge in [0.1, 0.15) is 6.54 Å². The molecule has 0 aliphatic carbocycles. The Morgan fingerprint density at radius 3 is 2.39 bits per heavy atom. The molecule has 1 atom stereocenters. The number of aliphatic carboxylic acids is 1. The summed E-state index contributed by atoms with van der Waals surface area (Å²) in [5.41, 5.74) is 0. The van der Waals surface area contributed by atoms with Gasteiger partial charge in [0, 0.05) is 19.6 Å². The molecule has 104 valence electrons. The van der Waals surface area contributed by atoms with Crippen molar-refractivity contribution in [3.8, 4) is 0 Å². The van der Waals surface area contributed by atoms with Crippen molar-refractivity contribution in [1.82, 2.24) is 9.80 Å². The predicted molar refractivity (Wildman–Crippen MR) is 65.1 cm³/mol. The molecule has 1 unspecified atom stereocenters. The van der Waals surface area contributed by atoms with E-state index < -0.39 is 34.4 Å². The number of hydrogen-bond acceptors (Lipinski definition) is 4. The molecule has 18 heavy (non-hydrogen) atoms. The first kappa shape index (κ1) is 14.7. The Bertz CT molecular complexity index is 434. The Labute approximate surface area is 106 Å². The summed E-state index contributed by atoms with van der Waals surface area (Å²) in [6.07, 6.45) is 0.304. The highest BCUT2D eigenvalue weighted by molar-refractivity contribution is 7.91. The van der Waals surface area contributed by atoms with Gasteiger partial charge >= 0.3 is 12.0 Å². The summed E-state index contributed by atoms with van der Waals surface area (Å²) in [7, 11) is -1.59. The van der Waals surface area contributed by atoms with E-state index in [0.29, 0.717) is 13.0 Å². The highest BCUT2D eigenvalue weighted by Crippen LogP contribution is 2.18. The molecule has 2 amide bonds. The van der Waals surface area contributed by atoms with E-state index in [4.69, 9.17) is 5.11 Å². The predicted octanol–water partition coefficient (Wildman–Crippen LogP) is -0.368. The average molecular weight is 278 g/mol. The highest BCUT2D eigenvalue weighted by atomic mass is 32.2. The molecule has 0 bridgehead atoms. The van der Waals surface area contributed by atoms with Crippen LogP contribution < -0.4 is 0 Å². The summed E-state index contributed by atoms with van der Waals surface area (Å²) in [5, 5.41) is 8.82. The molecule has 8 heteroatoms. The maximum atomic E-state index is 12.0. The van der Waals surface area contributed by atoms with Gasteiger partial charge in [-0.1, -0.05) is 0 Å². The minimum atomic E-state index is -3.15. The normalized spacial score (nSPS) is 21.6. The van der Waals surface area contributed by atoms with E-state index in [-0.39, 0.29) is 11.5 Å². The van der Waals surface area contributed by atoms with Crippen LogP contribution in [0.2, 0.25) is 0 Å². The van der Waals surface area contributed by atoms with E-state index in [2.05, 4.69) is 0 Å². The van der Waals surface area contributed by atoms with Crippen molar-refractivity contribution in [3.05, 3.63) is 0 Å². The zero-order valence-electron chi connectivity index (χ0n) is 10.5. The molecule has 1 aliphatic heterocycles. The van der Waals surface area contributed by atoms with Crippen molar-refractivity contribution in [3.63, 3.8) is 0 Å². The van der Waals surface area contributed by atoms with Gasteiger partial charge in [-0.3, -0.25) is 4.79 Å².